The summed E-state index contributed by atoms with van der Waals surface area (Å²) in [6.45, 7) is 1.82. The molecule has 3 aliphatic carbocycles. The summed E-state index contributed by atoms with van der Waals surface area (Å²) in [5, 5.41) is 16.7. The zero-order valence-electron chi connectivity index (χ0n) is 21.9. The van der Waals surface area contributed by atoms with Crippen molar-refractivity contribution < 1.29 is 27.5 Å². The highest BCUT2D eigenvalue weighted by atomic mass is 19.4. The molecule has 6 rings (SSSR count). The minimum absolute atomic E-state index is 0.235. The van der Waals surface area contributed by atoms with Gasteiger partial charge in [-0.25, -0.2) is 9.07 Å². The van der Waals surface area contributed by atoms with Crippen LogP contribution >= 0.6 is 0 Å². The van der Waals surface area contributed by atoms with E-state index in [9.17, 15) is 27.5 Å². The fourth-order valence-electron chi connectivity index (χ4n) is 6.91. The van der Waals surface area contributed by atoms with E-state index in [4.69, 9.17) is 0 Å². The van der Waals surface area contributed by atoms with Crippen molar-refractivity contribution in [2.24, 2.45) is 23.2 Å². The summed E-state index contributed by atoms with van der Waals surface area (Å²) in [5.74, 6) is -4.59. The topological polar surface area (TPSA) is 67.2 Å². The van der Waals surface area contributed by atoms with Gasteiger partial charge in [-0.15, -0.1) is 0 Å². The molecule has 1 heterocycles. The molecule has 2 N–H and O–H groups in total. The van der Waals surface area contributed by atoms with Crippen LogP contribution < -0.4 is 5.32 Å². The standard InChI is InChI=1S/C31H29F4N3O2/c1-30-15-19-16-36-38(23-8-6-21(32)7-9-23)27(19)14-20(30)5-10-24-25(30)11-12-26(31(33,34)35)28(24)29(40)37-22-4-2-3-18(13-22)17-39/h2-4,6-9,11,13-14,16,24,26,28,39H,5,10,12,15,17H2,1H3,(H,37,40)/t24-,26+,28+,30-/m0/s1. The predicted molar refractivity (Wildman–Crippen MR) is 143 cm³/mol. The summed E-state index contributed by atoms with van der Waals surface area (Å²) in [7, 11) is 0. The number of rotatable bonds is 4. The van der Waals surface area contributed by atoms with Crippen LogP contribution in [0.4, 0.5) is 23.2 Å². The summed E-state index contributed by atoms with van der Waals surface area (Å²) < 4.78 is 58.1. The SMILES string of the molecule is C[C@]12Cc3cnn(-c4ccc(F)cc4)c3C=C1CC[C@H]1C2=CC[C@@H](C(F)(F)F)[C@@H]1C(=O)Nc1cccc(CO)c1. The Bertz CT molecular complexity index is 1520. The number of aliphatic hydroxyl groups excluding tert-OH is 1. The molecule has 40 heavy (non-hydrogen) atoms. The van der Waals surface area contributed by atoms with Crippen LogP contribution in [0.3, 0.4) is 0 Å². The predicted octanol–water partition coefficient (Wildman–Crippen LogP) is 6.62. The fraction of sp³-hybridized carbons (Fsp3) is 0.355. The zero-order chi connectivity index (χ0) is 28.2. The summed E-state index contributed by atoms with van der Waals surface area (Å²) in [4.78, 5) is 13.6. The highest BCUT2D eigenvalue weighted by Crippen LogP contribution is 2.59. The Balaban J connectivity index is 1.35. The third kappa shape index (κ3) is 4.46. The number of aliphatic hydroxyl groups is 1. The Kier molecular flexibility index (Phi) is 6.45. The second kappa shape index (κ2) is 9.73. The first kappa shape index (κ1) is 26.5. The Labute approximate surface area is 229 Å². The highest BCUT2D eigenvalue weighted by Gasteiger charge is 2.56. The van der Waals surface area contributed by atoms with Gasteiger partial charge in [0.15, 0.2) is 0 Å². The summed E-state index contributed by atoms with van der Waals surface area (Å²) in [6, 6.07) is 12.6. The molecular formula is C31H29F4N3O2. The first-order valence-corrected chi connectivity index (χ1v) is 13.4. The van der Waals surface area contributed by atoms with Crippen molar-refractivity contribution in [2.75, 3.05) is 5.32 Å². The van der Waals surface area contributed by atoms with Crippen LogP contribution in [0.1, 0.15) is 43.0 Å². The first-order chi connectivity index (χ1) is 19.1. The highest BCUT2D eigenvalue weighted by molar-refractivity contribution is 5.93. The van der Waals surface area contributed by atoms with Crippen LogP contribution in [0.5, 0.6) is 0 Å². The molecule has 0 radical (unpaired) electrons. The third-order valence-electron chi connectivity index (χ3n) is 8.84. The van der Waals surface area contributed by atoms with Crippen LogP contribution in [0.15, 0.2) is 72.0 Å². The van der Waals surface area contributed by atoms with Gasteiger partial charge in [-0.1, -0.05) is 36.3 Å². The van der Waals surface area contributed by atoms with Crippen LogP contribution in [-0.2, 0) is 17.8 Å². The number of anilines is 1. The van der Waals surface area contributed by atoms with Gasteiger partial charge in [0, 0.05) is 11.1 Å². The lowest BCUT2D eigenvalue weighted by atomic mass is 9.54. The number of carbonyl (C=O) groups is 1. The van der Waals surface area contributed by atoms with E-state index in [2.05, 4.69) is 23.4 Å². The van der Waals surface area contributed by atoms with Crippen LogP contribution in [0.2, 0.25) is 0 Å². The number of halogens is 4. The van der Waals surface area contributed by atoms with Crippen molar-refractivity contribution in [2.45, 2.75) is 45.4 Å². The summed E-state index contributed by atoms with van der Waals surface area (Å²) >= 11 is 0. The van der Waals surface area contributed by atoms with Crippen molar-refractivity contribution in [3.63, 3.8) is 0 Å². The van der Waals surface area contributed by atoms with Gasteiger partial charge in [0.2, 0.25) is 5.91 Å². The van der Waals surface area contributed by atoms with E-state index in [1.54, 1.807) is 53.4 Å². The number of nitrogens with one attached hydrogen (secondary N) is 1. The molecule has 3 aliphatic rings. The van der Waals surface area contributed by atoms with Gasteiger partial charge >= 0.3 is 6.18 Å². The van der Waals surface area contributed by atoms with Gasteiger partial charge in [0.05, 0.1) is 36.0 Å². The monoisotopic (exact) mass is 551 g/mol. The average molecular weight is 552 g/mol. The Hall–Kier alpha value is -3.72. The molecule has 1 saturated carbocycles. The van der Waals surface area contributed by atoms with Gasteiger partial charge in [0.25, 0.3) is 0 Å². The molecule has 0 spiro atoms. The largest absolute Gasteiger partial charge is 0.392 e. The molecule has 5 nitrogen and oxygen atoms in total. The van der Waals surface area contributed by atoms with Gasteiger partial charge in [0.1, 0.15) is 5.82 Å². The molecule has 0 bridgehead atoms. The number of aromatic nitrogens is 2. The van der Waals surface area contributed by atoms with Crippen molar-refractivity contribution in [1.29, 1.82) is 0 Å². The van der Waals surface area contributed by atoms with E-state index in [1.165, 1.54) is 12.1 Å². The molecule has 1 amide bonds. The Morgan fingerprint density at radius 1 is 1.20 bits per heavy atom. The number of alkyl halides is 3. The van der Waals surface area contributed by atoms with Crippen molar-refractivity contribution >= 4 is 17.7 Å². The number of fused-ring (bicyclic) bond motifs is 4. The van der Waals surface area contributed by atoms with Crippen LogP contribution in [0.25, 0.3) is 11.8 Å². The molecule has 4 atom stereocenters. The number of benzene rings is 2. The van der Waals surface area contributed by atoms with E-state index in [-0.39, 0.29) is 18.8 Å². The van der Waals surface area contributed by atoms with Crippen molar-refractivity contribution in [3.05, 3.63) is 94.6 Å². The Morgan fingerprint density at radius 2 is 1.98 bits per heavy atom. The molecule has 1 aromatic heterocycles. The third-order valence-corrected chi connectivity index (χ3v) is 8.84. The van der Waals surface area contributed by atoms with E-state index in [0.717, 1.165) is 28.1 Å². The summed E-state index contributed by atoms with van der Waals surface area (Å²) in [6.07, 6.45) is 2.31. The molecule has 208 valence electrons. The number of amides is 1. The van der Waals surface area contributed by atoms with E-state index >= 15 is 0 Å². The van der Waals surface area contributed by atoms with Crippen LogP contribution in [0, 0.1) is 29.0 Å². The van der Waals surface area contributed by atoms with Crippen molar-refractivity contribution in [3.8, 4) is 5.69 Å². The number of allylic oxidation sites excluding steroid dienone is 3. The molecule has 2 aromatic carbocycles. The maximum Gasteiger partial charge on any atom is 0.392 e. The van der Waals surface area contributed by atoms with E-state index in [1.807, 2.05) is 0 Å². The second-order valence-corrected chi connectivity index (χ2v) is 11.2. The Morgan fingerprint density at radius 3 is 2.70 bits per heavy atom. The molecule has 9 heteroatoms. The molecule has 0 unspecified atom stereocenters. The number of hydrogen-bond donors (Lipinski definition) is 2. The van der Waals surface area contributed by atoms with Crippen LogP contribution in [-0.4, -0.2) is 27.0 Å². The van der Waals surface area contributed by atoms with Gasteiger partial charge in [-0.2, -0.15) is 18.3 Å². The lowest BCUT2D eigenvalue weighted by Crippen LogP contribution is -2.49. The van der Waals surface area contributed by atoms with E-state index < -0.39 is 35.3 Å². The fourth-order valence-corrected chi connectivity index (χ4v) is 6.91. The normalized spacial score (nSPS) is 25.7. The van der Waals surface area contributed by atoms with E-state index in [0.29, 0.717) is 30.5 Å². The average Bonchev–Trinajstić information content (AvgIpc) is 3.33. The minimum Gasteiger partial charge on any atom is -0.392 e. The molecule has 0 aliphatic heterocycles. The quantitative estimate of drug-likeness (QED) is 0.283. The maximum atomic E-state index is 14.3. The molecule has 3 aromatic rings. The molecule has 0 saturated heterocycles. The summed E-state index contributed by atoms with van der Waals surface area (Å²) in [5.41, 5.74) is 4.96. The number of hydrogen-bond acceptors (Lipinski definition) is 3. The maximum absolute atomic E-state index is 14.3. The minimum atomic E-state index is -4.52. The first-order valence-electron chi connectivity index (χ1n) is 13.4. The number of nitrogens with zero attached hydrogens (tertiary/aromatic N) is 2. The lowest BCUT2D eigenvalue weighted by molar-refractivity contribution is -0.196. The molecular weight excluding hydrogens is 522 g/mol. The van der Waals surface area contributed by atoms with Gasteiger partial charge in [-0.05, 0) is 85.2 Å². The van der Waals surface area contributed by atoms with Gasteiger partial charge in [-0.3, -0.25) is 4.79 Å². The van der Waals surface area contributed by atoms with Gasteiger partial charge < -0.3 is 10.4 Å². The van der Waals surface area contributed by atoms with Crippen molar-refractivity contribution in [1.82, 2.24) is 9.78 Å². The second-order valence-electron chi connectivity index (χ2n) is 11.2. The smallest absolute Gasteiger partial charge is 0.392 e. The lowest BCUT2D eigenvalue weighted by Gasteiger charge is -2.50. The number of carbonyl (C=O) groups excluding carboxylic acids is 1. The molecule has 1 fully saturated rings. The zero-order valence-corrected chi connectivity index (χ0v) is 21.9.